The molecule has 0 bridgehead atoms. The molecule has 1 aromatic heterocycles. The van der Waals surface area contributed by atoms with Crippen molar-refractivity contribution in [2.75, 3.05) is 7.11 Å². The van der Waals surface area contributed by atoms with Crippen molar-refractivity contribution in [3.05, 3.63) is 44.8 Å². The Kier molecular flexibility index (Phi) is 3.37. The molecule has 0 aliphatic heterocycles. The van der Waals surface area contributed by atoms with Gasteiger partial charge in [0.15, 0.2) is 11.3 Å². The van der Waals surface area contributed by atoms with Crippen LogP contribution in [-0.2, 0) is 9.53 Å². The number of aryl methyl sites for hydroxylation is 1. The quantitative estimate of drug-likeness (QED) is 0.613. The van der Waals surface area contributed by atoms with Crippen LogP contribution in [0.3, 0.4) is 0 Å². The highest BCUT2D eigenvalue weighted by Crippen LogP contribution is 2.18. The molecule has 0 radical (unpaired) electrons. The minimum Gasteiger partial charge on any atom is -0.467 e. The molecule has 1 heterocycles. The lowest BCUT2D eigenvalue weighted by molar-refractivity contribution is -0.142. The van der Waals surface area contributed by atoms with E-state index in [1.807, 2.05) is 6.92 Å². The van der Waals surface area contributed by atoms with Crippen molar-refractivity contribution >= 4 is 17.1 Å². The maximum absolute atomic E-state index is 11.7. The molecule has 2 aromatic rings. The van der Waals surface area contributed by atoms with Gasteiger partial charge in [-0.2, -0.15) is 0 Å². The van der Waals surface area contributed by atoms with Gasteiger partial charge in [-0.1, -0.05) is 6.07 Å². The summed E-state index contributed by atoms with van der Waals surface area (Å²) in [6.07, 6.45) is 0. The summed E-state index contributed by atoms with van der Waals surface area (Å²) < 4.78 is 9.42. The standard InChI is InChI=1S/C12H10N2O5/c1-6-3-4-7-8(5-6)19-12(16)9(13-7)10(14-17)11(15)18-2/h3-5,10H,1-2H3. The normalized spacial score (nSPS) is 12.1. The second kappa shape index (κ2) is 4.97. The van der Waals surface area contributed by atoms with Gasteiger partial charge < -0.3 is 9.15 Å². The van der Waals surface area contributed by atoms with Crippen molar-refractivity contribution in [2.24, 2.45) is 5.18 Å². The van der Waals surface area contributed by atoms with Gasteiger partial charge in [-0.05, 0) is 29.8 Å². The van der Waals surface area contributed by atoms with E-state index in [0.717, 1.165) is 12.7 Å². The van der Waals surface area contributed by atoms with Crippen molar-refractivity contribution in [1.82, 2.24) is 4.98 Å². The number of esters is 1. The molecule has 7 nitrogen and oxygen atoms in total. The predicted octanol–water partition coefficient (Wildman–Crippen LogP) is 1.48. The van der Waals surface area contributed by atoms with Gasteiger partial charge >= 0.3 is 11.6 Å². The summed E-state index contributed by atoms with van der Waals surface area (Å²) in [4.78, 5) is 37.7. The molecule has 98 valence electrons. The molecule has 0 N–H and O–H groups in total. The first-order valence-electron chi connectivity index (χ1n) is 5.38. The molecule has 1 atom stereocenters. The number of nitroso groups, excluding NO2 is 1. The van der Waals surface area contributed by atoms with Crippen molar-refractivity contribution in [2.45, 2.75) is 13.0 Å². The summed E-state index contributed by atoms with van der Waals surface area (Å²) in [5.41, 5.74) is 0.274. The molecule has 1 aromatic carbocycles. The predicted molar refractivity (Wildman–Crippen MR) is 65.6 cm³/mol. The van der Waals surface area contributed by atoms with Crippen LogP contribution in [0.2, 0.25) is 0 Å². The highest BCUT2D eigenvalue weighted by molar-refractivity contribution is 5.78. The number of fused-ring (bicyclic) bond motifs is 1. The summed E-state index contributed by atoms with van der Waals surface area (Å²) in [5.74, 6) is -0.957. The second-order valence-corrected chi connectivity index (χ2v) is 3.89. The number of ether oxygens (including phenoxy) is 1. The third-order valence-corrected chi connectivity index (χ3v) is 2.56. The summed E-state index contributed by atoms with van der Waals surface area (Å²) in [6.45, 7) is 1.83. The van der Waals surface area contributed by atoms with E-state index >= 15 is 0 Å². The summed E-state index contributed by atoms with van der Waals surface area (Å²) >= 11 is 0. The van der Waals surface area contributed by atoms with E-state index in [0.29, 0.717) is 5.52 Å². The van der Waals surface area contributed by atoms with Gasteiger partial charge in [0.1, 0.15) is 5.52 Å². The van der Waals surface area contributed by atoms with Gasteiger partial charge in [-0.15, -0.1) is 4.91 Å². The minimum absolute atomic E-state index is 0.281. The zero-order valence-corrected chi connectivity index (χ0v) is 10.2. The minimum atomic E-state index is -1.62. The molecular formula is C12H10N2O5. The van der Waals surface area contributed by atoms with Gasteiger partial charge in [0.25, 0.3) is 0 Å². The van der Waals surface area contributed by atoms with Crippen LogP contribution in [-0.4, -0.2) is 18.1 Å². The first-order valence-corrected chi connectivity index (χ1v) is 5.38. The van der Waals surface area contributed by atoms with E-state index in [1.54, 1.807) is 18.2 Å². The molecule has 0 amide bonds. The fourth-order valence-electron chi connectivity index (χ4n) is 1.61. The lowest BCUT2D eigenvalue weighted by atomic mass is 10.2. The first-order chi connectivity index (χ1) is 9.06. The molecule has 2 rings (SSSR count). The van der Waals surface area contributed by atoms with Gasteiger partial charge in [0, 0.05) is 0 Å². The average Bonchev–Trinajstić information content (AvgIpc) is 2.40. The molecule has 0 saturated heterocycles. The van der Waals surface area contributed by atoms with Crippen LogP contribution in [0, 0.1) is 11.8 Å². The molecule has 0 aliphatic rings. The van der Waals surface area contributed by atoms with Crippen LogP contribution in [0.5, 0.6) is 0 Å². The molecule has 1 unspecified atom stereocenters. The molecule has 19 heavy (non-hydrogen) atoms. The van der Waals surface area contributed by atoms with Crippen LogP contribution >= 0.6 is 0 Å². The topological polar surface area (TPSA) is 98.8 Å². The number of hydrogen-bond donors (Lipinski definition) is 0. The highest BCUT2D eigenvalue weighted by Gasteiger charge is 2.28. The Hall–Kier alpha value is -2.57. The van der Waals surface area contributed by atoms with Crippen LogP contribution in [0.15, 0.2) is 32.6 Å². The van der Waals surface area contributed by atoms with E-state index in [9.17, 15) is 14.5 Å². The maximum atomic E-state index is 11.7. The van der Waals surface area contributed by atoms with Gasteiger partial charge in [-0.25, -0.2) is 14.6 Å². The molecular weight excluding hydrogens is 252 g/mol. The van der Waals surface area contributed by atoms with Crippen LogP contribution in [0.25, 0.3) is 11.1 Å². The Bertz CT molecular complexity index is 707. The van der Waals surface area contributed by atoms with Gasteiger partial charge in [-0.3, -0.25) is 0 Å². The zero-order chi connectivity index (χ0) is 14.0. The number of nitrogens with zero attached hydrogens (tertiary/aromatic N) is 2. The average molecular weight is 262 g/mol. The van der Waals surface area contributed by atoms with E-state index in [-0.39, 0.29) is 11.3 Å². The monoisotopic (exact) mass is 262 g/mol. The van der Waals surface area contributed by atoms with Crippen LogP contribution < -0.4 is 5.63 Å². The van der Waals surface area contributed by atoms with Crippen molar-refractivity contribution in [3.63, 3.8) is 0 Å². The molecule has 0 spiro atoms. The largest absolute Gasteiger partial charge is 0.467 e. The summed E-state index contributed by atoms with van der Waals surface area (Å²) in [6, 6.07) is 3.40. The Morgan fingerprint density at radius 1 is 1.47 bits per heavy atom. The third-order valence-electron chi connectivity index (χ3n) is 2.56. The lowest BCUT2D eigenvalue weighted by Crippen LogP contribution is -2.21. The summed E-state index contributed by atoms with van der Waals surface area (Å²) in [7, 11) is 1.09. The van der Waals surface area contributed by atoms with E-state index in [1.165, 1.54) is 0 Å². The Balaban J connectivity index is 2.64. The SMILES string of the molecule is COC(=O)C(N=O)c1nc2ccc(C)cc2oc1=O. The summed E-state index contributed by atoms with van der Waals surface area (Å²) in [5, 5.41) is 2.57. The molecule has 7 heteroatoms. The molecule has 0 aliphatic carbocycles. The van der Waals surface area contributed by atoms with Gasteiger partial charge in [0.2, 0.25) is 6.04 Å². The van der Waals surface area contributed by atoms with Crippen molar-refractivity contribution < 1.29 is 13.9 Å². The third kappa shape index (κ3) is 2.35. The number of carbonyl (C=O) groups is 1. The van der Waals surface area contributed by atoms with E-state index < -0.39 is 17.6 Å². The fraction of sp³-hybridized carbons (Fsp3) is 0.250. The maximum Gasteiger partial charge on any atom is 0.361 e. The van der Waals surface area contributed by atoms with Gasteiger partial charge in [0.05, 0.1) is 7.11 Å². The molecule has 0 fully saturated rings. The fourth-order valence-corrected chi connectivity index (χ4v) is 1.61. The van der Waals surface area contributed by atoms with Crippen LogP contribution in [0.1, 0.15) is 17.3 Å². The number of methoxy groups -OCH3 is 1. The Morgan fingerprint density at radius 2 is 2.21 bits per heavy atom. The highest BCUT2D eigenvalue weighted by atomic mass is 16.5. The Morgan fingerprint density at radius 3 is 2.84 bits per heavy atom. The second-order valence-electron chi connectivity index (χ2n) is 3.89. The number of benzene rings is 1. The number of hydrogen-bond acceptors (Lipinski definition) is 7. The zero-order valence-electron chi connectivity index (χ0n) is 10.2. The first kappa shape index (κ1) is 12.9. The van der Waals surface area contributed by atoms with Crippen LogP contribution in [0.4, 0.5) is 0 Å². The smallest absolute Gasteiger partial charge is 0.361 e. The van der Waals surface area contributed by atoms with E-state index in [2.05, 4.69) is 14.9 Å². The van der Waals surface area contributed by atoms with Crippen molar-refractivity contribution in [3.8, 4) is 0 Å². The Labute approximate surface area is 107 Å². The number of aromatic nitrogens is 1. The molecule has 0 saturated carbocycles. The lowest BCUT2D eigenvalue weighted by Gasteiger charge is -2.06. The van der Waals surface area contributed by atoms with E-state index in [4.69, 9.17) is 4.42 Å². The number of carbonyl (C=O) groups excluding carboxylic acids is 1. The number of rotatable bonds is 3. The van der Waals surface area contributed by atoms with Crippen molar-refractivity contribution in [1.29, 1.82) is 0 Å².